The van der Waals surface area contributed by atoms with Crippen LogP contribution in [0.2, 0.25) is 0 Å². The van der Waals surface area contributed by atoms with E-state index in [-0.39, 0.29) is 0 Å². The molecule has 0 aromatic heterocycles. The van der Waals surface area contributed by atoms with E-state index in [1.807, 2.05) is 0 Å². The van der Waals surface area contributed by atoms with Crippen molar-refractivity contribution in [2.45, 2.75) is 6.04 Å². The summed E-state index contributed by atoms with van der Waals surface area (Å²) in [6, 6.07) is 5.58. The monoisotopic (exact) mass is 221 g/mol. The molecule has 16 heavy (non-hydrogen) atoms. The van der Waals surface area contributed by atoms with Crippen molar-refractivity contribution in [3.8, 4) is 0 Å². The molecular formula is C11H11NO4. The summed E-state index contributed by atoms with van der Waals surface area (Å²) in [4.78, 5) is 24.6. The fraction of sp³-hybridized carbons (Fsp3) is 0.273. The Balaban J connectivity index is 2.42. The van der Waals surface area contributed by atoms with E-state index in [9.17, 15) is 9.59 Å². The van der Waals surface area contributed by atoms with Gasteiger partial charge in [-0.25, -0.2) is 0 Å². The fourth-order valence-corrected chi connectivity index (χ4v) is 1.76. The molecule has 0 saturated heterocycles. The lowest BCUT2D eigenvalue weighted by Gasteiger charge is -2.21. The summed E-state index contributed by atoms with van der Waals surface area (Å²) in [6.07, 6.45) is 0. The van der Waals surface area contributed by atoms with E-state index in [4.69, 9.17) is 10.2 Å². The number of imide groups is 1. The van der Waals surface area contributed by atoms with Gasteiger partial charge in [-0.1, -0.05) is 12.1 Å². The Morgan fingerprint density at radius 1 is 1.00 bits per heavy atom. The molecule has 2 N–H and O–H groups in total. The first kappa shape index (κ1) is 10.8. The van der Waals surface area contributed by atoms with E-state index in [0.29, 0.717) is 11.1 Å². The molecule has 1 aromatic carbocycles. The standard InChI is InChI=1S/C11H11NO4/c13-5-7(6-14)12-10(15)8-3-1-2-4-9(8)11(12)16/h1-4,7,13-14H,5-6H2. The van der Waals surface area contributed by atoms with Crippen LogP contribution >= 0.6 is 0 Å². The molecule has 1 aromatic rings. The van der Waals surface area contributed by atoms with Crippen molar-refractivity contribution in [2.24, 2.45) is 0 Å². The number of carbonyl (C=O) groups excluding carboxylic acids is 2. The van der Waals surface area contributed by atoms with E-state index < -0.39 is 31.1 Å². The molecule has 0 radical (unpaired) electrons. The second-order valence-electron chi connectivity index (χ2n) is 3.54. The average molecular weight is 221 g/mol. The van der Waals surface area contributed by atoms with Gasteiger partial charge in [-0.05, 0) is 12.1 Å². The van der Waals surface area contributed by atoms with Crippen molar-refractivity contribution in [2.75, 3.05) is 13.2 Å². The van der Waals surface area contributed by atoms with Crippen LogP contribution in [0.3, 0.4) is 0 Å². The summed E-state index contributed by atoms with van der Waals surface area (Å²) in [5.41, 5.74) is 0.638. The number of aliphatic hydroxyl groups is 2. The summed E-state index contributed by atoms with van der Waals surface area (Å²) < 4.78 is 0. The van der Waals surface area contributed by atoms with Crippen molar-refractivity contribution >= 4 is 11.8 Å². The lowest BCUT2D eigenvalue weighted by molar-refractivity contribution is 0.0418. The number of rotatable bonds is 3. The van der Waals surface area contributed by atoms with Gasteiger partial charge in [0, 0.05) is 0 Å². The minimum Gasteiger partial charge on any atom is -0.394 e. The van der Waals surface area contributed by atoms with Crippen LogP contribution in [0, 0.1) is 0 Å². The van der Waals surface area contributed by atoms with Crippen molar-refractivity contribution in [3.63, 3.8) is 0 Å². The zero-order chi connectivity index (χ0) is 11.7. The molecule has 1 aliphatic rings. The lowest BCUT2D eigenvalue weighted by Crippen LogP contribution is -2.44. The van der Waals surface area contributed by atoms with Gasteiger partial charge < -0.3 is 10.2 Å². The van der Waals surface area contributed by atoms with E-state index in [1.165, 1.54) is 0 Å². The van der Waals surface area contributed by atoms with Crippen LogP contribution in [-0.2, 0) is 0 Å². The van der Waals surface area contributed by atoms with Crippen molar-refractivity contribution in [1.82, 2.24) is 4.90 Å². The summed E-state index contributed by atoms with van der Waals surface area (Å²) in [5, 5.41) is 18.0. The number of carbonyl (C=O) groups is 2. The summed E-state index contributed by atoms with van der Waals surface area (Å²) in [6.45, 7) is -0.885. The minimum atomic E-state index is -0.868. The van der Waals surface area contributed by atoms with E-state index >= 15 is 0 Å². The molecule has 0 aliphatic carbocycles. The normalized spacial score (nSPS) is 14.8. The Labute approximate surface area is 91.9 Å². The molecule has 0 saturated carbocycles. The molecule has 0 fully saturated rings. The smallest absolute Gasteiger partial charge is 0.261 e. The van der Waals surface area contributed by atoms with E-state index in [1.54, 1.807) is 24.3 Å². The van der Waals surface area contributed by atoms with Crippen LogP contribution in [0.1, 0.15) is 20.7 Å². The Morgan fingerprint density at radius 2 is 1.44 bits per heavy atom. The molecule has 2 amide bonds. The number of amides is 2. The van der Waals surface area contributed by atoms with E-state index in [2.05, 4.69) is 0 Å². The molecule has 0 bridgehead atoms. The van der Waals surface area contributed by atoms with Crippen LogP contribution in [-0.4, -0.2) is 46.2 Å². The highest BCUT2D eigenvalue weighted by Gasteiger charge is 2.39. The molecule has 0 spiro atoms. The average Bonchev–Trinajstić information content (AvgIpc) is 2.57. The van der Waals surface area contributed by atoms with Crippen LogP contribution in [0.15, 0.2) is 24.3 Å². The van der Waals surface area contributed by atoms with Crippen LogP contribution in [0.25, 0.3) is 0 Å². The number of hydrogen-bond donors (Lipinski definition) is 2. The maximum Gasteiger partial charge on any atom is 0.261 e. The van der Waals surface area contributed by atoms with Crippen molar-refractivity contribution in [3.05, 3.63) is 35.4 Å². The third kappa shape index (κ3) is 1.41. The molecule has 5 nitrogen and oxygen atoms in total. The van der Waals surface area contributed by atoms with Crippen molar-refractivity contribution < 1.29 is 19.8 Å². The maximum atomic E-state index is 11.8. The number of hydrogen-bond acceptors (Lipinski definition) is 4. The van der Waals surface area contributed by atoms with Gasteiger partial charge in [0.2, 0.25) is 0 Å². The third-order valence-corrected chi connectivity index (χ3v) is 2.61. The maximum absolute atomic E-state index is 11.8. The number of aliphatic hydroxyl groups excluding tert-OH is 2. The molecule has 0 unspecified atom stereocenters. The quantitative estimate of drug-likeness (QED) is 0.683. The number of fused-ring (bicyclic) bond motifs is 1. The predicted molar refractivity (Wildman–Crippen MR) is 54.9 cm³/mol. The van der Waals surface area contributed by atoms with Gasteiger partial charge >= 0.3 is 0 Å². The van der Waals surface area contributed by atoms with Gasteiger partial charge in [0.05, 0.1) is 30.4 Å². The first-order valence-corrected chi connectivity index (χ1v) is 4.89. The Kier molecular flexibility index (Phi) is 2.72. The highest BCUT2D eigenvalue weighted by atomic mass is 16.3. The number of benzene rings is 1. The molecule has 0 atom stereocenters. The van der Waals surface area contributed by atoms with Crippen LogP contribution < -0.4 is 0 Å². The summed E-state index contributed by atoms with van der Waals surface area (Å²) in [5.74, 6) is -0.928. The highest BCUT2D eigenvalue weighted by molar-refractivity contribution is 6.21. The Bertz CT molecular complexity index is 404. The minimum absolute atomic E-state index is 0.319. The van der Waals surface area contributed by atoms with Crippen LogP contribution in [0.5, 0.6) is 0 Å². The topological polar surface area (TPSA) is 77.8 Å². The van der Waals surface area contributed by atoms with Gasteiger partial charge in [-0.3, -0.25) is 14.5 Å². The molecule has 5 heteroatoms. The Hall–Kier alpha value is -1.72. The summed E-state index contributed by atoms with van der Waals surface area (Å²) in [7, 11) is 0. The highest BCUT2D eigenvalue weighted by Crippen LogP contribution is 2.24. The predicted octanol–water partition coefficient (Wildman–Crippen LogP) is -0.364. The second-order valence-corrected chi connectivity index (χ2v) is 3.54. The number of nitrogens with zero attached hydrogens (tertiary/aromatic N) is 1. The van der Waals surface area contributed by atoms with Gasteiger partial charge in [0.1, 0.15) is 0 Å². The SMILES string of the molecule is O=C1c2ccccc2C(=O)N1C(CO)CO. The fourth-order valence-electron chi connectivity index (χ4n) is 1.76. The van der Waals surface area contributed by atoms with Gasteiger partial charge in [-0.15, -0.1) is 0 Å². The largest absolute Gasteiger partial charge is 0.394 e. The molecule has 1 heterocycles. The molecule has 84 valence electrons. The van der Waals surface area contributed by atoms with Crippen LogP contribution in [0.4, 0.5) is 0 Å². The third-order valence-electron chi connectivity index (χ3n) is 2.61. The lowest BCUT2D eigenvalue weighted by atomic mass is 10.1. The molecule has 1 aliphatic heterocycles. The molecule has 2 rings (SSSR count). The first-order valence-electron chi connectivity index (χ1n) is 4.89. The Morgan fingerprint density at radius 3 is 1.81 bits per heavy atom. The second kappa shape index (κ2) is 4.03. The summed E-state index contributed by atoms with van der Waals surface area (Å²) >= 11 is 0. The van der Waals surface area contributed by atoms with Gasteiger partial charge in [0.15, 0.2) is 0 Å². The van der Waals surface area contributed by atoms with Crippen molar-refractivity contribution in [1.29, 1.82) is 0 Å². The first-order chi connectivity index (χ1) is 7.70. The van der Waals surface area contributed by atoms with E-state index in [0.717, 1.165) is 4.90 Å². The van der Waals surface area contributed by atoms with Gasteiger partial charge in [-0.2, -0.15) is 0 Å². The zero-order valence-corrected chi connectivity index (χ0v) is 8.46. The zero-order valence-electron chi connectivity index (χ0n) is 8.46. The van der Waals surface area contributed by atoms with Gasteiger partial charge in [0.25, 0.3) is 11.8 Å². The molecular weight excluding hydrogens is 210 g/mol.